The molecule has 21 heavy (non-hydrogen) atoms. The molecule has 0 amide bonds. The highest BCUT2D eigenvalue weighted by atomic mass is 32.1. The summed E-state index contributed by atoms with van der Waals surface area (Å²) in [7, 11) is 0. The Balaban J connectivity index is 2.03. The van der Waals surface area contributed by atoms with Crippen LogP contribution in [0.4, 0.5) is 5.82 Å². The van der Waals surface area contributed by atoms with Crippen molar-refractivity contribution in [1.82, 2.24) is 9.97 Å². The van der Waals surface area contributed by atoms with Crippen molar-refractivity contribution >= 4 is 38.7 Å². The van der Waals surface area contributed by atoms with Gasteiger partial charge in [0.25, 0.3) is 0 Å². The normalized spacial score (nSPS) is 11.1. The highest BCUT2D eigenvalue weighted by Gasteiger charge is 2.15. The van der Waals surface area contributed by atoms with E-state index >= 15 is 0 Å². The lowest BCUT2D eigenvalue weighted by Gasteiger charge is -2.23. The number of hydrogen-bond donors (Lipinski definition) is 1. The van der Waals surface area contributed by atoms with Crippen molar-refractivity contribution < 1.29 is 5.11 Å². The highest BCUT2D eigenvalue weighted by Crippen LogP contribution is 2.29. The number of anilines is 1. The summed E-state index contributed by atoms with van der Waals surface area (Å²) in [6, 6.07) is 4.18. The minimum Gasteiger partial charge on any atom is -0.395 e. The average molecular weight is 319 g/mol. The van der Waals surface area contributed by atoms with Crippen LogP contribution in [0.2, 0.25) is 0 Å². The molecule has 0 saturated carbocycles. The van der Waals surface area contributed by atoms with Gasteiger partial charge in [-0.15, -0.1) is 11.3 Å². The molecular formula is C15H17N3OS2. The summed E-state index contributed by atoms with van der Waals surface area (Å²) in [5.41, 5.74) is 1.24. The summed E-state index contributed by atoms with van der Waals surface area (Å²) < 4.78 is 0. The summed E-state index contributed by atoms with van der Waals surface area (Å²) in [6.07, 6.45) is 0.812. The molecule has 3 aromatic rings. The fourth-order valence-corrected chi connectivity index (χ4v) is 3.70. The van der Waals surface area contributed by atoms with Crippen molar-refractivity contribution in [2.45, 2.75) is 19.9 Å². The lowest BCUT2D eigenvalue weighted by atomic mass is 10.2. The van der Waals surface area contributed by atoms with Crippen LogP contribution >= 0.6 is 22.7 Å². The Morgan fingerprint density at radius 1 is 1.24 bits per heavy atom. The molecular weight excluding hydrogens is 302 g/mol. The van der Waals surface area contributed by atoms with Gasteiger partial charge >= 0.3 is 0 Å². The van der Waals surface area contributed by atoms with Crippen molar-refractivity contribution in [1.29, 1.82) is 0 Å². The molecule has 110 valence electrons. The van der Waals surface area contributed by atoms with E-state index in [1.54, 1.807) is 22.7 Å². The van der Waals surface area contributed by atoms with Crippen LogP contribution in [0.5, 0.6) is 0 Å². The molecule has 0 aliphatic carbocycles. The van der Waals surface area contributed by atoms with E-state index in [9.17, 15) is 5.11 Å². The van der Waals surface area contributed by atoms with E-state index in [1.165, 1.54) is 5.56 Å². The summed E-state index contributed by atoms with van der Waals surface area (Å²) in [5, 5.41) is 16.7. The molecule has 0 aromatic carbocycles. The van der Waals surface area contributed by atoms with Crippen LogP contribution in [0.3, 0.4) is 0 Å². The summed E-state index contributed by atoms with van der Waals surface area (Å²) in [6.45, 7) is 3.51. The molecule has 3 heterocycles. The Kier molecular flexibility index (Phi) is 4.48. The first kappa shape index (κ1) is 14.4. The van der Waals surface area contributed by atoms with Crippen molar-refractivity contribution in [2.24, 2.45) is 0 Å². The van der Waals surface area contributed by atoms with E-state index in [4.69, 9.17) is 4.98 Å². The molecule has 4 nitrogen and oxygen atoms in total. The number of aryl methyl sites for hydroxylation is 1. The van der Waals surface area contributed by atoms with Crippen LogP contribution in [0, 0.1) is 0 Å². The zero-order valence-corrected chi connectivity index (χ0v) is 13.5. The van der Waals surface area contributed by atoms with Crippen LogP contribution in [0.1, 0.15) is 18.3 Å². The molecule has 0 aliphatic rings. The smallest absolute Gasteiger partial charge is 0.141 e. The Labute approximate surface area is 131 Å². The van der Waals surface area contributed by atoms with Gasteiger partial charge in [-0.2, -0.15) is 11.3 Å². The van der Waals surface area contributed by atoms with E-state index in [0.29, 0.717) is 6.54 Å². The lowest BCUT2D eigenvalue weighted by molar-refractivity contribution is 0.301. The van der Waals surface area contributed by atoms with Crippen molar-refractivity contribution in [3.8, 4) is 0 Å². The van der Waals surface area contributed by atoms with Gasteiger partial charge in [-0.1, -0.05) is 6.92 Å². The largest absolute Gasteiger partial charge is 0.395 e. The highest BCUT2D eigenvalue weighted by molar-refractivity contribution is 7.16. The van der Waals surface area contributed by atoms with E-state index in [-0.39, 0.29) is 6.61 Å². The Hall–Kier alpha value is -1.50. The van der Waals surface area contributed by atoms with Crippen molar-refractivity contribution in [3.05, 3.63) is 39.7 Å². The third kappa shape index (κ3) is 3.07. The minimum absolute atomic E-state index is 0.112. The first-order valence-corrected chi connectivity index (χ1v) is 8.75. The third-order valence-corrected chi connectivity index (χ3v) is 4.83. The van der Waals surface area contributed by atoms with Crippen LogP contribution in [-0.4, -0.2) is 28.2 Å². The third-order valence-electron chi connectivity index (χ3n) is 3.29. The monoisotopic (exact) mass is 319 g/mol. The number of thiophene rings is 2. The van der Waals surface area contributed by atoms with E-state index < -0.39 is 0 Å². The molecule has 0 aliphatic heterocycles. The summed E-state index contributed by atoms with van der Waals surface area (Å²) >= 11 is 3.32. The second kappa shape index (κ2) is 6.51. The molecule has 1 N–H and O–H groups in total. The molecule has 3 rings (SSSR count). The number of aliphatic hydroxyl groups is 1. The maximum atomic E-state index is 9.40. The van der Waals surface area contributed by atoms with Crippen molar-refractivity contribution in [3.63, 3.8) is 0 Å². The molecule has 0 saturated heterocycles. The molecule has 0 fully saturated rings. The SMILES string of the molecule is CCc1nc(N(CCO)Cc2ccsc2)c2ccsc2n1. The average Bonchev–Trinajstić information content (AvgIpc) is 3.16. The van der Waals surface area contributed by atoms with Gasteiger partial charge in [-0.3, -0.25) is 0 Å². The van der Waals surface area contributed by atoms with E-state index in [2.05, 4.69) is 39.7 Å². The van der Waals surface area contributed by atoms with Gasteiger partial charge in [0.05, 0.1) is 12.0 Å². The van der Waals surface area contributed by atoms with Gasteiger partial charge in [0.2, 0.25) is 0 Å². The van der Waals surface area contributed by atoms with Gasteiger partial charge in [0.1, 0.15) is 16.5 Å². The predicted molar refractivity (Wildman–Crippen MR) is 89.2 cm³/mol. The van der Waals surface area contributed by atoms with Crippen LogP contribution < -0.4 is 4.90 Å². The van der Waals surface area contributed by atoms with Crippen LogP contribution in [-0.2, 0) is 13.0 Å². The molecule has 3 aromatic heterocycles. The van der Waals surface area contributed by atoms with Gasteiger partial charge in [-0.25, -0.2) is 9.97 Å². The maximum Gasteiger partial charge on any atom is 0.141 e. The second-order valence-electron chi connectivity index (χ2n) is 4.73. The number of fused-ring (bicyclic) bond motifs is 1. The fraction of sp³-hybridized carbons (Fsp3) is 0.333. The molecule has 6 heteroatoms. The first-order valence-electron chi connectivity index (χ1n) is 6.92. The van der Waals surface area contributed by atoms with Gasteiger partial charge in [-0.05, 0) is 33.8 Å². The number of nitrogens with zero attached hydrogens (tertiary/aromatic N) is 3. The Morgan fingerprint density at radius 3 is 2.86 bits per heavy atom. The predicted octanol–water partition coefficient (Wildman–Crippen LogP) is 3.31. The fourth-order valence-electron chi connectivity index (χ4n) is 2.27. The van der Waals surface area contributed by atoms with Gasteiger partial charge < -0.3 is 10.0 Å². The van der Waals surface area contributed by atoms with E-state index in [1.807, 2.05) is 5.38 Å². The zero-order valence-electron chi connectivity index (χ0n) is 11.8. The molecule has 0 atom stereocenters. The summed E-state index contributed by atoms with van der Waals surface area (Å²) in [5.74, 6) is 1.78. The topological polar surface area (TPSA) is 49.2 Å². The number of rotatable bonds is 6. The molecule has 0 bridgehead atoms. The van der Waals surface area contributed by atoms with Crippen molar-refractivity contribution in [2.75, 3.05) is 18.1 Å². The maximum absolute atomic E-state index is 9.40. The quantitative estimate of drug-likeness (QED) is 0.757. The molecule has 0 radical (unpaired) electrons. The molecule has 0 unspecified atom stereocenters. The Morgan fingerprint density at radius 2 is 2.14 bits per heavy atom. The molecule has 0 spiro atoms. The van der Waals surface area contributed by atoms with Crippen LogP contribution in [0.25, 0.3) is 10.2 Å². The minimum atomic E-state index is 0.112. The first-order chi connectivity index (χ1) is 10.3. The van der Waals surface area contributed by atoms with Gasteiger partial charge in [0.15, 0.2) is 0 Å². The van der Waals surface area contributed by atoms with Gasteiger partial charge in [0, 0.05) is 19.5 Å². The Bertz CT molecular complexity index is 709. The number of hydrogen-bond acceptors (Lipinski definition) is 6. The lowest BCUT2D eigenvalue weighted by Crippen LogP contribution is -2.27. The summed E-state index contributed by atoms with van der Waals surface area (Å²) in [4.78, 5) is 12.4. The zero-order chi connectivity index (χ0) is 14.7. The number of aromatic nitrogens is 2. The second-order valence-corrected chi connectivity index (χ2v) is 6.41. The van der Waals surface area contributed by atoms with Crippen LogP contribution in [0.15, 0.2) is 28.3 Å². The van der Waals surface area contributed by atoms with E-state index in [0.717, 1.165) is 34.8 Å². The standard InChI is InChI=1S/C15H17N3OS2/c1-2-13-16-14(12-4-8-21-15(12)17-13)18(5-6-19)9-11-3-7-20-10-11/h3-4,7-8,10,19H,2,5-6,9H2,1H3. The number of aliphatic hydroxyl groups excluding tert-OH is 1.